The molecule has 8 nitrogen and oxygen atoms in total. The molecule has 0 radical (unpaired) electrons. The van der Waals surface area contributed by atoms with E-state index in [4.69, 9.17) is 26.8 Å². The van der Waals surface area contributed by atoms with Crippen molar-refractivity contribution in [3.05, 3.63) is 65.6 Å². The standard InChI is InChI=1S/C24H26ClN5O3/c1-15(30-10-8-29(2)9-11-30)28-20-5-4-16(12-19(20)25)33-22-6-7-27-21-14-23(32-3)18(24(26)31)13-17(21)22/h4-7,12-14,28H,1,8-11H2,2-3H3,(H2,26,31). The number of nitrogens with two attached hydrogens (primary N) is 1. The average Bonchev–Trinajstić information content (AvgIpc) is 2.80. The van der Waals surface area contributed by atoms with Crippen LogP contribution in [-0.4, -0.2) is 61.0 Å². The number of hydrogen-bond acceptors (Lipinski definition) is 7. The van der Waals surface area contributed by atoms with Crippen LogP contribution >= 0.6 is 11.6 Å². The van der Waals surface area contributed by atoms with E-state index in [-0.39, 0.29) is 5.56 Å². The summed E-state index contributed by atoms with van der Waals surface area (Å²) in [7, 11) is 3.59. The van der Waals surface area contributed by atoms with Gasteiger partial charge in [0.15, 0.2) is 0 Å². The maximum Gasteiger partial charge on any atom is 0.252 e. The van der Waals surface area contributed by atoms with Gasteiger partial charge in [0.25, 0.3) is 5.91 Å². The fourth-order valence-electron chi connectivity index (χ4n) is 3.70. The summed E-state index contributed by atoms with van der Waals surface area (Å²) in [5.41, 5.74) is 7.11. The van der Waals surface area contributed by atoms with Crippen molar-refractivity contribution in [1.29, 1.82) is 0 Å². The van der Waals surface area contributed by atoms with Gasteiger partial charge in [-0.15, -0.1) is 0 Å². The Hall–Kier alpha value is -3.49. The highest BCUT2D eigenvalue weighted by molar-refractivity contribution is 6.33. The Morgan fingerprint density at radius 2 is 1.91 bits per heavy atom. The molecule has 0 spiro atoms. The highest BCUT2D eigenvalue weighted by Crippen LogP contribution is 2.35. The van der Waals surface area contributed by atoms with E-state index in [0.717, 1.165) is 37.7 Å². The number of carbonyl (C=O) groups is 1. The molecule has 2 heterocycles. The van der Waals surface area contributed by atoms with Crippen molar-refractivity contribution < 1.29 is 14.3 Å². The van der Waals surface area contributed by atoms with Crippen LogP contribution in [0.5, 0.6) is 17.2 Å². The Morgan fingerprint density at radius 3 is 2.58 bits per heavy atom. The lowest BCUT2D eigenvalue weighted by atomic mass is 10.1. The van der Waals surface area contributed by atoms with E-state index < -0.39 is 5.91 Å². The molecule has 1 fully saturated rings. The Kier molecular flexibility index (Phi) is 6.57. The SMILES string of the molecule is C=C(Nc1ccc(Oc2ccnc3cc(OC)c(C(N)=O)cc23)cc1Cl)N1CCN(C)CC1. The lowest BCUT2D eigenvalue weighted by Gasteiger charge is -2.35. The molecular weight excluding hydrogens is 442 g/mol. The highest BCUT2D eigenvalue weighted by Gasteiger charge is 2.17. The molecule has 9 heteroatoms. The van der Waals surface area contributed by atoms with Crippen molar-refractivity contribution in [3.63, 3.8) is 0 Å². The van der Waals surface area contributed by atoms with Crippen molar-refractivity contribution in [2.24, 2.45) is 5.73 Å². The van der Waals surface area contributed by atoms with Gasteiger partial charge < -0.3 is 30.3 Å². The number of amides is 1. The molecular formula is C24H26ClN5O3. The number of primary amides is 1. The zero-order valence-corrected chi connectivity index (χ0v) is 19.4. The average molecular weight is 468 g/mol. The van der Waals surface area contributed by atoms with Crippen LogP contribution in [0.25, 0.3) is 10.9 Å². The number of fused-ring (bicyclic) bond motifs is 1. The number of nitrogens with zero attached hydrogens (tertiary/aromatic N) is 3. The van der Waals surface area contributed by atoms with Crippen LogP contribution in [0.3, 0.4) is 0 Å². The first kappa shape index (κ1) is 22.7. The summed E-state index contributed by atoms with van der Waals surface area (Å²) in [5.74, 6) is 1.64. The van der Waals surface area contributed by atoms with Crippen molar-refractivity contribution in [3.8, 4) is 17.2 Å². The van der Waals surface area contributed by atoms with Gasteiger partial charge in [0.1, 0.15) is 17.2 Å². The molecule has 1 aliphatic rings. The molecule has 0 bridgehead atoms. The van der Waals surface area contributed by atoms with Crippen LogP contribution < -0.4 is 20.5 Å². The normalized spacial score (nSPS) is 14.2. The fourth-order valence-corrected chi connectivity index (χ4v) is 3.92. The first-order chi connectivity index (χ1) is 15.9. The smallest absolute Gasteiger partial charge is 0.252 e. The first-order valence-corrected chi connectivity index (χ1v) is 10.9. The van der Waals surface area contributed by atoms with Crippen molar-refractivity contribution >= 4 is 34.1 Å². The Balaban J connectivity index is 1.55. The van der Waals surface area contributed by atoms with Crippen LogP contribution in [0.2, 0.25) is 5.02 Å². The van der Waals surface area contributed by atoms with E-state index in [1.54, 1.807) is 30.5 Å². The number of likely N-dealkylation sites (N-methyl/N-ethyl adjacent to an activating group) is 1. The van der Waals surface area contributed by atoms with Gasteiger partial charge in [-0.25, -0.2) is 0 Å². The minimum Gasteiger partial charge on any atom is -0.496 e. The summed E-state index contributed by atoms with van der Waals surface area (Å²) in [6.45, 7) is 7.96. The molecule has 3 N–H and O–H groups in total. The van der Waals surface area contributed by atoms with E-state index in [0.29, 0.717) is 33.2 Å². The second-order valence-corrected chi connectivity index (χ2v) is 8.26. The van der Waals surface area contributed by atoms with Gasteiger partial charge in [-0.1, -0.05) is 18.2 Å². The van der Waals surface area contributed by atoms with Gasteiger partial charge in [-0.05, 0) is 31.3 Å². The lowest BCUT2D eigenvalue weighted by Crippen LogP contribution is -2.44. The number of nitrogens with one attached hydrogen (secondary N) is 1. The second kappa shape index (κ2) is 9.56. The summed E-state index contributed by atoms with van der Waals surface area (Å²) >= 11 is 6.53. The topological polar surface area (TPSA) is 92.9 Å². The quantitative estimate of drug-likeness (QED) is 0.544. The zero-order valence-electron chi connectivity index (χ0n) is 18.6. The molecule has 1 amide bonds. The Labute approximate surface area is 197 Å². The predicted octanol–water partition coefficient (Wildman–Crippen LogP) is 3.92. The number of methoxy groups -OCH3 is 1. The van der Waals surface area contributed by atoms with E-state index in [1.807, 2.05) is 12.1 Å². The van der Waals surface area contributed by atoms with E-state index in [2.05, 4.69) is 33.7 Å². The number of rotatable bonds is 7. The molecule has 0 unspecified atom stereocenters. The molecule has 3 aromatic rings. The van der Waals surface area contributed by atoms with Gasteiger partial charge >= 0.3 is 0 Å². The molecule has 2 aromatic carbocycles. The number of ether oxygens (including phenoxy) is 2. The molecule has 0 atom stereocenters. The van der Waals surface area contributed by atoms with Gasteiger partial charge in [0.2, 0.25) is 0 Å². The fraction of sp³-hybridized carbons (Fsp3) is 0.250. The number of pyridine rings is 1. The summed E-state index contributed by atoms with van der Waals surface area (Å²) in [4.78, 5) is 20.7. The number of carbonyl (C=O) groups excluding carboxylic acids is 1. The molecule has 172 valence electrons. The van der Waals surface area contributed by atoms with Crippen LogP contribution in [0.15, 0.2) is 55.0 Å². The van der Waals surface area contributed by atoms with Crippen LogP contribution in [0, 0.1) is 0 Å². The maximum atomic E-state index is 11.8. The molecule has 1 saturated heterocycles. The number of piperazine rings is 1. The van der Waals surface area contributed by atoms with Crippen LogP contribution in [0.4, 0.5) is 5.69 Å². The summed E-state index contributed by atoms with van der Waals surface area (Å²) < 4.78 is 11.3. The van der Waals surface area contributed by atoms with Crippen LogP contribution in [0.1, 0.15) is 10.4 Å². The van der Waals surface area contributed by atoms with Gasteiger partial charge in [0, 0.05) is 49.9 Å². The maximum absolute atomic E-state index is 11.8. The number of aromatic nitrogens is 1. The number of benzene rings is 2. The molecule has 0 saturated carbocycles. The highest BCUT2D eigenvalue weighted by atomic mass is 35.5. The predicted molar refractivity (Wildman–Crippen MR) is 130 cm³/mol. The minimum absolute atomic E-state index is 0.253. The Morgan fingerprint density at radius 1 is 1.15 bits per heavy atom. The number of hydrogen-bond donors (Lipinski definition) is 2. The molecule has 4 rings (SSSR count). The van der Waals surface area contributed by atoms with Gasteiger partial charge in [-0.3, -0.25) is 9.78 Å². The molecule has 0 aliphatic carbocycles. The molecule has 33 heavy (non-hydrogen) atoms. The zero-order chi connectivity index (χ0) is 23.5. The van der Waals surface area contributed by atoms with Gasteiger partial charge in [-0.2, -0.15) is 0 Å². The van der Waals surface area contributed by atoms with E-state index in [9.17, 15) is 4.79 Å². The van der Waals surface area contributed by atoms with E-state index in [1.165, 1.54) is 7.11 Å². The lowest BCUT2D eigenvalue weighted by molar-refractivity contribution is 0.0997. The van der Waals surface area contributed by atoms with E-state index >= 15 is 0 Å². The third-order valence-electron chi connectivity index (χ3n) is 5.62. The Bertz CT molecular complexity index is 1210. The van der Waals surface area contributed by atoms with Crippen LogP contribution in [-0.2, 0) is 0 Å². The molecule has 1 aliphatic heterocycles. The van der Waals surface area contributed by atoms with Crippen molar-refractivity contribution in [1.82, 2.24) is 14.8 Å². The first-order valence-electron chi connectivity index (χ1n) is 10.5. The minimum atomic E-state index is -0.595. The van der Waals surface area contributed by atoms with Crippen molar-refractivity contribution in [2.75, 3.05) is 45.7 Å². The summed E-state index contributed by atoms with van der Waals surface area (Å²) in [5, 5.41) is 4.43. The molecule has 1 aromatic heterocycles. The largest absolute Gasteiger partial charge is 0.496 e. The second-order valence-electron chi connectivity index (χ2n) is 7.85. The van der Waals surface area contributed by atoms with Gasteiger partial charge in [0.05, 0.1) is 34.7 Å². The number of anilines is 1. The monoisotopic (exact) mass is 467 g/mol. The summed E-state index contributed by atoms with van der Waals surface area (Å²) in [6, 6.07) is 10.4. The summed E-state index contributed by atoms with van der Waals surface area (Å²) in [6.07, 6.45) is 1.62. The third-order valence-corrected chi connectivity index (χ3v) is 5.93. The third kappa shape index (κ3) is 4.97. The van der Waals surface area contributed by atoms with Crippen molar-refractivity contribution in [2.45, 2.75) is 0 Å². The number of halogens is 1.